The summed E-state index contributed by atoms with van der Waals surface area (Å²) in [6, 6.07) is 7.89. The Morgan fingerprint density at radius 2 is 1.95 bits per heavy atom. The molecule has 3 nitrogen and oxygen atoms in total. The molecule has 0 aromatic carbocycles. The van der Waals surface area contributed by atoms with Gasteiger partial charge in [0.25, 0.3) is 0 Å². The average molecular weight is 335 g/mol. The topological polar surface area (TPSA) is 49.3 Å². The molecule has 1 aliphatic rings. The molecule has 22 heavy (non-hydrogen) atoms. The molecule has 0 aliphatic heterocycles. The lowest BCUT2D eigenvalue weighted by molar-refractivity contribution is -0.127. The first-order chi connectivity index (χ1) is 10.5. The number of carbonyl (C=O) groups is 1. The van der Waals surface area contributed by atoms with E-state index >= 15 is 0 Å². The van der Waals surface area contributed by atoms with Crippen LogP contribution in [0.3, 0.4) is 0 Å². The summed E-state index contributed by atoms with van der Waals surface area (Å²) in [5, 5.41) is 17.6. The Hall–Kier alpha value is -1.17. The predicted octanol–water partition coefficient (Wildman–Crippen LogP) is 3.65. The van der Waals surface area contributed by atoms with E-state index in [4.69, 9.17) is 0 Å². The summed E-state index contributed by atoms with van der Waals surface area (Å²) in [7, 11) is 0. The second-order valence-corrected chi connectivity index (χ2v) is 8.10. The molecule has 1 amide bonds. The molecule has 0 spiro atoms. The van der Waals surface area contributed by atoms with Crippen LogP contribution in [-0.4, -0.2) is 17.6 Å². The van der Waals surface area contributed by atoms with Gasteiger partial charge in [0.05, 0.1) is 12.0 Å². The minimum Gasteiger partial charge on any atom is -0.383 e. The Morgan fingerprint density at radius 1 is 1.27 bits per heavy atom. The van der Waals surface area contributed by atoms with E-state index in [-0.39, 0.29) is 17.9 Å². The highest BCUT2D eigenvalue weighted by Crippen LogP contribution is 2.43. The van der Waals surface area contributed by atoms with Crippen LogP contribution in [0.25, 0.3) is 0 Å². The Labute approximate surface area is 139 Å². The Balaban J connectivity index is 1.73. The van der Waals surface area contributed by atoms with E-state index in [1.165, 1.54) is 11.3 Å². The molecule has 2 aromatic rings. The predicted molar refractivity (Wildman–Crippen MR) is 91.4 cm³/mol. The number of carbonyl (C=O) groups excluding carboxylic acids is 1. The highest BCUT2D eigenvalue weighted by atomic mass is 32.1. The normalized spacial score (nSPS) is 19.7. The van der Waals surface area contributed by atoms with Gasteiger partial charge in [-0.15, -0.1) is 22.7 Å². The number of nitrogens with one attached hydrogen (secondary N) is 1. The minimum absolute atomic E-state index is 0.0595. The van der Waals surface area contributed by atoms with Gasteiger partial charge < -0.3 is 10.4 Å². The molecule has 2 aromatic heterocycles. The van der Waals surface area contributed by atoms with Crippen LogP contribution in [0.1, 0.15) is 42.4 Å². The lowest BCUT2D eigenvalue weighted by Gasteiger charge is -2.29. The van der Waals surface area contributed by atoms with Gasteiger partial charge in [0.2, 0.25) is 5.91 Å². The minimum atomic E-state index is -1.01. The van der Waals surface area contributed by atoms with Crippen molar-refractivity contribution in [3.63, 3.8) is 0 Å². The fourth-order valence-corrected chi connectivity index (χ4v) is 4.98. The Morgan fingerprint density at radius 3 is 2.55 bits per heavy atom. The fraction of sp³-hybridized carbons (Fsp3) is 0.471. The van der Waals surface area contributed by atoms with Crippen LogP contribution < -0.4 is 5.32 Å². The molecule has 118 valence electrons. The molecule has 3 rings (SSSR count). The van der Waals surface area contributed by atoms with Crippen LogP contribution in [0.15, 0.2) is 35.0 Å². The number of aliphatic hydroxyl groups is 1. The van der Waals surface area contributed by atoms with Crippen molar-refractivity contribution in [1.29, 1.82) is 0 Å². The van der Waals surface area contributed by atoms with Gasteiger partial charge in [0, 0.05) is 9.75 Å². The number of rotatable bonds is 5. The first-order valence-corrected chi connectivity index (χ1v) is 9.39. The van der Waals surface area contributed by atoms with Crippen molar-refractivity contribution in [2.45, 2.75) is 43.6 Å². The van der Waals surface area contributed by atoms with Crippen LogP contribution in [0.4, 0.5) is 0 Å². The van der Waals surface area contributed by atoms with E-state index < -0.39 is 5.60 Å². The Kier molecular flexibility index (Phi) is 4.39. The molecule has 2 N–H and O–H groups in total. The maximum absolute atomic E-state index is 12.9. The van der Waals surface area contributed by atoms with Gasteiger partial charge >= 0.3 is 0 Å². The maximum atomic E-state index is 12.9. The molecule has 0 radical (unpaired) electrons. The van der Waals surface area contributed by atoms with Crippen molar-refractivity contribution >= 4 is 28.6 Å². The first-order valence-electron chi connectivity index (χ1n) is 7.63. The van der Waals surface area contributed by atoms with Crippen molar-refractivity contribution in [1.82, 2.24) is 5.32 Å². The summed E-state index contributed by atoms with van der Waals surface area (Å²) < 4.78 is 0. The number of thiophene rings is 2. The van der Waals surface area contributed by atoms with Gasteiger partial charge in [-0.25, -0.2) is 0 Å². The maximum Gasteiger partial charge on any atom is 0.231 e. The second kappa shape index (κ2) is 6.14. The van der Waals surface area contributed by atoms with Crippen LogP contribution in [0.2, 0.25) is 0 Å². The van der Waals surface area contributed by atoms with Gasteiger partial charge in [0.15, 0.2) is 0 Å². The van der Waals surface area contributed by atoms with Crippen molar-refractivity contribution in [2.24, 2.45) is 0 Å². The number of hydrogen-bond donors (Lipinski definition) is 2. The highest BCUT2D eigenvalue weighted by molar-refractivity contribution is 7.10. The molecule has 5 heteroatoms. The number of amides is 1. The zero-order valence-corrected chi connectivity index (χ0v) is 14.3. The van der Waals surface area contributed by atoms with E-state index in [0.717, 1.165) is 35.4 Å². The third-order valence-electron chi connectivity index (χ3n) is 4.53. The average Bonchev–Trinajstić information content (AvgIpc) is 3.27. The molecule has 2 heterocycles. The molecular weight excluding hydrogens is 314 g/mol. The lowest BCUT2D eigenvalue weighted by atomic mass is 9.83. The summed E-state index contributed by atoms with van der Waals surface area (Å²) in [5.74, 6) is 0.0595. The third-order valence-corrected chi connectivity index (χ3v) is 6.73. The van der Waals surface area contributed by atoms with E-state index in [2.05, 4.69) is 11.4 Å². The van der Waals surface area contributed by atoms with Gasteiger partial charge in [-0.2, -0.15) is 0 Å². The van der Waals surface area contributed by atoms with Crippen molar-refractivity contribution in [2.75, 3.05) is 6.54 Å². The molecule has 0 saturated heterocycles. The molecule has 1 unspecified atom stereocenters. The first kappa shape index (κ1) is 15.7. The lowest BCUT2D eigenvalue weighted by Crippen LogP contribution is -2.46. The zero-order valence-electron chi connectivity index (χ0n) is 12.7. The van der Waals surface area contributed by atoms with Gasteiger partial charge in [0.1, 0.15) is 5.60 Å². The summed E-state index contributed by atoms with van der Waals surface area (Å²) in [6.45, 7) is 2.01. The summed E-state index contributed by atoms with van der Waals surface area (Å²) in [6.07, 6.45) is 3.99. The van der Waals surface area contributed by atoms with E-state index in [9.17, 15) is 9.90 Å². The summed E-state index contributed by atoms with van der Waals surface area (Å²) in [4.78, 5) is 14.9. The molecule has 1 saturated carbocycles. The second-order valence-electron chi connectivity index (χ2n) is 6.20. The fourth-order valence-electron chi connectivity index (χ4n) is 3.21. The quantitative estimate of drug-likeness (QED) is 0.876. The van der Waals surface area contributed by atoms with Crippen LogP contribution in [0, 0.1) is 0 Å². The monoisotopic (exact) mass is 335 g/mol. The smallest absolute Gasteiger partial charge is 0.231 e. The van der Waals surface area contributed by atoms with E-state index in [1.807, 2.05) is 29.0 Å². The highest BCUT2D eigenvalue weighted by Gasteiger charge is 2.44. The van der Waals surface area contributed by atoms with E-state index in [1.54, 1.807) is 18.3 Å². The van der Waals surface area contributed by atoms with Gasteiger partial charge in [-0.1, -0.05) is 25.0 Å². The third kappa shape index (κ3) is 2.85. The summed E-state index contributed by atoms with van der Waals surface area (Å²) in [5.41, 5.74) is -1.40. The molecule has 1 atom stereocenters. The molecule has 0 bridgehead atoms. The molecule has 1 aliphatic carbocycles. The number of hydrogen-bond acceptors (Lipinski definition) is 4. The standard InChI is InChI=1S/C17H21NO2S2/c1-16(20,13-6-4-10-21-13)12-18-15(19)17(8-2-3-9-17)14-7-5-11-22-14/h4-7,10-11,20H,2-3,8-9,12H2,1H3,(H,18,19). The molecule has 1 fully saturated rings. The van der Waals surface area contributed by atoms with E-state index in [0.29, 0.717) is 0 Å². The SMILES string of the molecule is CC(O)(CNC(=O)C1(c2cccs2)CCCC1)c1cccs1. The largest absolute Gasteiger partial charge is 0.383 e. The Bertz CT molecular complexity index is 611. The van der Waals surface area contributed by atoms with Crippen molar-refractivity contribution in [3.05, 3.63) is 44.8 Å². The van der Waals surface area contributed by atoms with Crippen LogP contribution >= 0.6 is 22.7 Å². The summed E-state index contributed by atoms with van der Waals surface area (Å²) >= 11 is 3.17. The van der Waals surface area contributed by atoms with Gasteiger partial charge in [-0.05, 0) is 42.7 Å². The van der Waals surface area contributed by atoms with Crippen molar-refractivity contribution < 1.29 is 9.90 Å². The zero-order chi connectivity index (χ0) is 15.6. The van der Waals surface area contributed by atoms with Crippen LogP contribution in [0.5, 0.6) is 0 Å². The van der Waals surface area contributed by atoms with Crippen molar-refractivity contribution in [3.8, 4) is 0 Å². The van der Waals surface area contributed by atoms with Crippen LogP contribution in [-0.2, 0) is 15.8 Å². The van der Waals surface area contributed by atoms with Gasteiger partial charge in [-0.3, -0.25) is 4.79 Å². The molecular formula is C17H21NO2S2.